The standard InChI is InChI=1S/C17H14ClN5S2/c18-13-7-2-1-6-12(13)16-20-22-23(21-16)10-5-11-24-17-19-14-8-3-4-9-15(14)25-17/h1-4,6-9H,5,10-11H2. The molecule has 126 valence electrons. The highest BCUT2D eigenvalue weighted by Gasteiger charge is 2.09. The molecule has 0 radical (unpaired) electrons. The van der Waals surface area contributed by atoms with Crippen molar-refractivity contribution in [2.75, 3.05) is 5.75 Å². The lowest BCUT2D eigenvalue weighted by Crippen LogP contribution is -2.03. The summed E-state index contributed by atoms with van der Waals surface area (Å²) in [6.07, 6.45) is 0.943. The molecule has 0 aliphatic heterocycles. The van der Waals surface area contributed by atoms with E-state index in [1.165, 1.54) is 4.70 Å². The third-order valence-electron chi connectivity index (χ3n) is 3.57. The van der Waals surface area contributed by atoms with Crippen LogP contribution in [0.4, 0.5) is 0 Å². The highest BCUT2D eigenvalue weighted by molar-refractivity contribution is 8.01. The molecular formula is C17H14ClN5S2. The zero-order chi connectivity index (χ0) is 17.1. The Labute approximate surface area is 158 Å². The fourth-order valence-corrected chi connectivity index (χ4v) is 4.65. The minimum Gasteiger partial charge on any atom is -0.230 e. The average Bonchev–Trinajstić information content (AvgIpc) is 3.25. The molecule has 0 amide bonds. The van der Waals surface area contributed by atoms with E-state index in [0.29, 0.717) is 10.8 Å². The number of halogens is 1. The summed E-state index contributed by atoms with van der Waals surface area (Å²) >= 11 is 9.67. The van der Waals surface area contributed by atoms with Crippen LogP contribution in [0.15, 0.2) is 52.9 Å². The van der Waals surface area contributed by atoms with Crippen molar-refractivity contribution in [3.8, 4) is 11.4 Å². The van der Waals surface area contributed by atoms with Gasteiger partial charge in [-0.1, -0.05) is 47.6 Å². The number of rotatable bonds is 6. The topological polar surface area (TPSA) is 56.5 Å². The van der Waals surface area contributed by atoms with Crippen LogP contribution < -0.4 is 0 Å². The molecule has 0 unspecified atom stereocenters. The number of hydrogen-bond acceptors (Lipinski definition) is 6. The van der Waals surface area contributed by atoms with Gasteiger partial charge in [-0.3, -0.25) is 0 Å². The van der Waals surface area contributed by atoms with E-state index in [-0.39, 0.29) is 0 Å². The van der Waals surface area contributed by atoms with Crippen molar-refractivity contribution in [2.45, 2.75) is 17.3 Å². The summed E-state index contributed by atoms with van der Waals surface area (Å²) in [5.41, 5.74) is 1.87. The van der Waals surface area contributed by atoms with Gasteiger partial charge in [0, 0.05) is 11.3 Å². The predicted molar refractivity (Wildman–Crippen MR) is 103 cm³/mol. The molecule has 4 aromatic rings. The summed E-state index contributed by atoms with van der Waals surface area (Å²) < 4.78 is 2.33. The number of thioether (sulfide) groups is 1. The van der Waals surface area contributed by atoms with Crippen molar-refractivity contribution >= 4 is 44.9 Å². The first-order valence-corrected chi connectivity index (χ1v) is 9.99. The monoisotopic (exact) mass is 387 g/mol. The fourth-order valence-electron chi connectivity index (χ4n) is 2.37. The van der Waals surface area contributed by atoms with Gasteiger partial charge >= 0.3 is 0 Å². The summed E-state index contributed by atoms with van der Waals surface area (Å²) in [6.45, 7) is 0.718. The molecule has 0 aliphatic carbocycles. The lowest BCUT2D eigenvalue weighted by molar-refractivity contribution is 0.517. The second-order valence-electron chi connectivity index (χ2n) is 5.34. The Kier molecular flexibility index (Phi) is 4.96. The van der Waals surface area contributed by atoms with Gasteiger partial charge < -0.3 is 0 Å². The van der Waals surface area contributed by atoms with Crippen LogP contribution in [0.3, 0.4) is 0 Å². The number of benzene rings is 2. The summed E-state index contributed by atoms with van der Waals surface area (Å²) in [7, 11) is 0. The number of hydrogen-bond donors (Lipinski definition) is 0. The van der Waals surface area contributed by atoms with Gasteiger partial charge in [-0.2, -0.15) is 4.80 Å². The van der Waals surface area contributed by atoms with E-state index in [4.69, 9.17) is 11.6 Å². The van der Waals surface area contributed by atoms with Crippen molar-refractivity contribution in [3.05, 3.63) is 53.6 Å². The lowest BCUT2D eigenvalue weighted by atomic mass is 10.2. The Morgan fingerprint density at radius 2 is 1.92 bits per heavy atom. The Balaban J connectivity index is 1.32. The van der Waals surface area contributed by atoms with E-state index in [0.717, 1.165) is 34.1 Å². The predicted octanol–water partition coefficient (Wildman–Crippen LogP) is 4.79. The first kappa shape index (κ1) is 16.5. The molecule has 25 heavy (non-hydrogen) atoms. The van der Waals surface area contributed by atoms with Crippen LogP contribution in [0.5, 0.6) is 0 Å². The molecule has 0 spiro atoms. The number of fused-ring (bicyclic) bond motifs is 1. The van der Waals surface area contributed by atoms with Gasteiger partial charge in [-0.15, -0.1) is 21.5 Å². The highest BCUT2D eigenvalue weighted by Crippen LogP contribution is 2.29. The zero-order valence-electron chi connectivity index (χ0n) is 13.2. The fraction of sp³-hybridized carbons (Fsp3) is 0.176. The van der Waals surface area contributed by atoms with E-state index in [1.54, 1.807) is 27.9 Å². The number of aryl methyl sites for hydroxylation is 1. The van der Waals surface area contributed by atoms with E-state index in [2.05, 4.69) is 26.5 Å². The molecule has 0 fully saturated rings. The highest BCUT2D eigenvalue weighted by atomic mass is 35.5. The van der Waals surface area contributed by atoms with Gasteiger partial charge in [0.25, 0.3) is 0 Å². The second-order valence-corrected chi connectivity index (χ2v) is 8.12. The minimum atomic E-state index is 0.560. The maximum Gasteiger partial charge on any atom is 0.206 e. The molecule has 2 aromatic carbocycles. The Bertz CT molecular complexity index is 964. The van der Waals surface area contributed by atoms with Crippen LogP contribution in [0, 0.1) is 0 Å². The van der Waals surface area contributed by atoms with Crippen LogP contribution in [0.1, 0.15) is 6.42 Å². The maximum atomic E-state index is 6.17. The van der Waals surface area contributed by atoms with Crippen molar-refractivity contribution in [3.63, 3.8) is 0 Å². The third-order valence-corrected chi connectivity index (χ3v) is 6.17. The van der Waals surface area contributed by atoms with E-state index in [1.807, 2.05) is 42.5 Å². The quantitative estimate of drug-likeness (QED) is 0.352. The molecule has 4 rings (SSSR count). The Morgan fingerprint density at radius 1 is 1.08 bits per heavy atom. The third kappa shape index (κ3) is 3.84. The molecule has 8 heteroatoms. The van der Waals surface area contributed by atoms with Gasteiger partial charge in [0.1, 0.15) is 0 Å². The zero-order valence-corrected chi connectivity index (χ0v) is 15.6. The Hall–Kier alpha value is -1.96. The van der Waals surface area contributed by atoms with Crippen molar-refractivity contribution in [1.82, 2.24) is 25.2 Å². The van der Waals surface area contributed by atoms with E-state index in [9.17, 15) is 0 Å². The van der Waals surface area contributed by atoms with E-state index >= 15 is 0 Å². The van der Waals surface area contributed by atoms with Gasteiger partial charge in [0.15, 0.2) is 4.34 Å². The molecule has 5 nitrogen and oxygen atoms in total. The Morgan fingerprint density at radius 3 is 2.80 bits per heavy atom. The van der Waals surface area contributed by atoms with Crippen LogP contribution in [0.25, 0.3) is 21.6 Å². The molecule has 0 aliphatic rings. The number of aromatic nitrogens is 5. The molecule has 0 N–H and O–H groups in total. The van der Waals surface area contributed by atoms with Crippen LogP contribution in [-0.2, 0) is 6.54 Å². The second kappa shape index (κ2) is 7.51. The summed E-state index contributed by atoms with van der Waals surface area (Å²) in [5, 5.41) is 13.2. The van der Waals surface area contributed by atoms with Crippen LogP contribution in [0.2, 0.25) is 5.02 Å². The normalized spacial score (nSPS) is 11.2. The molecule has 0 bridgehead atoms. The first-order chi connectivity index (χ1) is 12.3. The molecule has 0 saturated carbocycles. The lowest BCUT2D eigenvalue weighted by Gasteiger charge is -1.98. The summed E-state index contributed by atoms with van der Waals surface area (Å²) in [5.74, 6) is 1.52. The minimum absolute atomic E-state index is 0.560. The van der Waals surface area contributed by atoms with Gasteiger partial charge in [-0.25, -0.2) is 4.98 Å². The van der Waals surface area contributed by atoms with Crippen molar-refractivity contribution in [2.24, 2.45) is 0 Å². The number of para-hydroxylation sites is 1. The SMILES string of the molecule is Clc1ccccc1-c1nnn(CCCSc2nc3ccccc3s2)n1. The van der Waals surface area contributed by atoms with Crippen LogP contribution in [-0.4, -0.2) is 30.9 Å². The number of nitrogens with zero attached hydrogens (tertiary/aromatic N) is 5. The van der Waals surface area contributed by atoms with Crippen molar-refractivity contribution < 1.29 is 0 Å². The molecule has 0 saturated heterocycles. The van der Waals surface area contributed by atoms with E-state index < -0.39 is 0 Å². The number of tetrazole rings is 1. The largest absolute Gasteiger partial charge is 0.230 e. The maximum absolute atomic E-state index is 6.17. The van der Waals surface area contributed by atoms with Gasteiger partial charge in [0.05, 0.1) is 21.8 Å². The summed E-state index contributed by atoms with van der Waals surface area (Å²) in [4.78, 5) is 6.25. The first-order valence-electron chi connectivity index (χ1n) is 7.81. The van der Waals surface area contributed by atoms with Gasteiger partial charge in [0.2, 0.25) is 5.82 Å². The van der Waals surface area contributed by atoms with Crippen LogP contribution >= 0.6 is 34.7 Å². The smallest absolute Gasteiger partial charge is 0.206 e. The molecule has 0 atom stereocenters. The molecule has 2 heterocycles. The summed E-state index contributed by atoms with van der Waals surface area (Å²) in [6, 6.07) is 15.7. The molecule has 2 aromatic heterocycles. The van der Waals surface area contributed by atoms with Crippen molar-refractivity contribution in [1.29, 1.82) is 0 Å². The number of thiazole rings is 1. The average molecular weight is 388 g/mol. The molecular weight excluding hydrogens is 374 g/mol. The van der Waals surface area contributed by atoms with Gasteiger partial charge in [-0.05, 0) is 35.9 Å².